The van der Waals surface area contributed by atoms with Crippen LogP contribution < -0.4 is 0 Å². The van der Waals surface area contributed by atoms with E-state index in [4.69, 9.17) is 28.4 Å². The first kappa shape index (κ1) is 70.6. The zero-order valence-corrected chi connectivity index (χ0v) is 48.3. The maximum Gasteiger partial charge on any atom is 0.306 e. The van der Waals surface area contributed by atoms with Crippen LogP contribution in [-0.2, 0) is 33.2 Å². The lowest BCUT2D eigenvalue weighted by Crippen LogP contribution is -2.61. The fraction of sp³-hybridized carbons (Fsp3) is 0.919. The molecule has 0 aliphatic carbocycles. The van der Waals surface area contributed by atoms with Gasteiger partial charge >= 0.3 is 5.97 Å². The number of hydrogen-bond donors (Lipinski definition) is 7. The Morgan fingerprint density at radius 2 is 0.816 bits per heavy atom. The number of allylic oxidation sites excluding steroid dienone is 4. The van der Waals surface area contributed by atoms with Gasteiger partial charge < -0.3 is 64.2 Å². The molecule has 11 atom stereocenters. The molecular weight excluding hydrogens is 969 g/mol. The van der Waals surface area contributed by atoms with Crippen LogP contribution in [0, 0.1) is 0 Å². The van der Waals surface area contributed by atoms with E-state index in [1.807, 2.05) is 0 Å². The number of unbranched alkanes of at least 4 members (excludes halogenated alkanes) is 34. The predicted octanol–water partition coefficient (Wildman–Crippen LogP) is 11.9. The number of ether oxygens (including phenoxy) is 6. The molecular formula is C62H116O14. The summed E-state index contributed by atoms with van der Waals surface area (Å²) in [6.45, 7) is 3.74. The predicted molar refractivity (Wildman–Crippen MR) is 303 cm³/mol. The van der Waals surface area contributed by atoms with Gasteiger partial charge in [0.2, 0.25) is 0 Å². The van der Waals surface area contributed by atoms with Gasteiger partial charge in [-0.05, 0) is 44.9 Å². The van der Waals surface area contributed by atoms with Gasteiger partial charge in [0, 0.05) is 13.0 Å². The first-order valence-corrected chi connectivity index (χ1v) is 31.4. The van der Waals surface area contributed by atoms with Crippen molar-refractivity contribution < 1.29 is 69.0 Å². The molecule has 14 heteroatoms. The summed E-state index contributed by atoms with van der Waals surface area (Å²) in [5, 5.41) is 72.4. The SMILES string of the molecule is CCCCCCC/C=C\C/C=C\CCCCCCCCCCCCCC(=O)OC(COCCCCCCCCCCCCCCCCCCCCC)COC1OC(COC2OC(CO)C(O)C(O)C2O)C(O)C(O)C1O. The Morgan fingerprint density at radius 3 is 1.26 bits per heavy atom. The van der Waals surface area contributed by atoms with Crippen LogP contribution >= 0.6 is 0 Å². The normalized spacial score (nSPS) is 24.5. The molecule has 0 spiro atoms. The van der Waals surface area contributed by atoms with Gasteiger partial charge in [-0.15, -0.1) is 0 Å². The maximum absolute atomic E-state index is 13.1. The summed E-state index contributed by atoms with van der Waals surface area (Å²) < 4.78 is 34.5. The molecule has 2 heterocycles. The van der Waals surface area contributed by atoms with E-state index in [1.165, 1.54) is 193 Å². The molecule has 76 heavy (non-hydrogen) atoms. The smallest absolute Gasteiger partial charge is 0.306 e. The summed E-state index contributed by atoms with van der Waals surface area (Å²) in [6, 6.07) is 0. The van der Waals surface area contributed by atoms with Crippen LogP contribution in [0.25, 0.3) is 0 Å². The molecule has 11 unspecified atom stereocenters. The summed E-state index contributed by atoms with van der Waals surface area (Å²) in [5.41, 5.74) is 0. The lowest BCUT2D eigenvalue weighted by atomic mass is 9.98. The molecule has 2 saturated heterocycles. The van der Waals surface area contributed by atoms with Crippen molar-refractivity contribution in [3.8, 4) is 0 Å². The van der Waals surface area contributed by atoms with E-state index in [0.29, 0.717) is 13.0 Å². The number of esters is 1. The van der Waals surface area contributed by atoms with Crippen molar-refractivity contribution >= 4 is 5.97 Å². The van der Waals surface area contributed by atoms with Gasteiger partial charge in [-0.1, -0.05) is 237 Å². The Labute approximate surface area is 462 Å². The maximum atomic E-state index is 13.1. The first-order chi connectivity index (χ1) is 37.1. The lowest BCUT2D eigenvalue weighted by molar-refractivity contribution is -0.332. The Kier molecular flexibility index (Phi) is 45.8. The number of carbonyl (C=O) groups is 1. The van der Waals surface area contributed by atoms with Crippen molar-refractivity contribution in [1.82, 2.24) is 0 Å². The molecule has 0 aromatic carbocycles. The standard InChI is InChI=1S/C62H116O14/c1-3-5-7-9-11-13-15-17-19-21-23-24-25-26-27-29-31-33-35-37-39-41-43-45-54(64)74-51(48-71-46-44-42-40-38-36-34-32-30-28-22-20-18-16-14-12-10-8-6-4-2)49-72-61-60(70)58(68)56(66)53(76-61)50-73-62-59(69)57(67)55(65)52(47-63)75-62/h15,17,21,23,51-53,55-63,65-70H,3-14,16,18-20,22,24-50H2,1-2H3/b17-15-,23-21-. The van der Waals surface area contributed by atoms with Crippen LogP contribution in [0.5, 0.6) is 0 Å². The first-order valence-electron chi connectivity index (χ1n) is 31.4. The van der Waals surface area contributed by atoms with Gasteiger partial charge in [0.1, 0.15) is 54.9 Å². The van der Waals surface area contributed by atoms with E-state index < -0.39 is 80.7 Å². The minimum absolute atomic E-state index is 0.0662. The highest BCUT2D eigenvalue weighted by molar-refractivity contribution is 5.69. The van der Waals surface area contributed by atoms with Gasteiger partial charge in [0.15, 0.2) is 12.6 Å². The number of carbonyl (C=O) groups excluding carboxylic acids is 1. The third-order valence-electron chi connectivity index (χ3n) is 15.2. The summed E-state index contributed by atoms with van der Waals surface area (Å²) in [7, 11) is 0. The largest absolute Gasteiger partial charge is 0.457 e. The van der Waals surface area contributed by atoms with E-state index in [1.54, 1.807) is 0 Å². The zero-order valence-electron chi connectivity index (χ0n) is 48.3. The third kappa shape index (κ3) is 35.3. The lowest BCUT2D eigenvalue weighted by Gasteiger charge is -2.42. The van der Waals surface area contributed by atoms with Crippen molar-refractivity contribution in [2.75, 3.05) is 33.0 Å². The summed E-state index contributed by atoms with van der Waals surface area (Å²) in [4.78, 5) is 13.1. The molecule has 0 saturated carbocycles. The molecule has 2 aliphatic heterocycles. The minimum Gasteiger partial charge on any atom is -0.457 e. The average molecular weight is 1090 g/mol. The Balaban J connectivity index is 1.68. The van der Waals surface area contributed by atoms with Crippen molar-refractivity contribution in [1.29, 1.82) is 0 Å². The number of hydrogen-bond acceptors (Lipinski definition) is 14. The second-order valence-corrected chi connectivity index (χ2v) is 22.2. The van der Waals surface area contributed by atoms with Crippen LogP contribution in [0.15, 0.2) is 24.3 Å². The van der Waals surface area contributed by atoms with Crippen molar-refractivity contribution in [2.45, 2.75) is 332 Å². The molecule has 0 aromatic heterocycles. The van der Waals surface area contributed by atoms with Crippen LogP contribution in [0.3, 0.4) is 0 Å². The molecule has 0 bridgehead atoms. The van der Waals surface area contributed by atoms with Crippen LogP contribution in [0.2, 0.25) is 0 Å². The van der Waals surface area contributed by atoms with Gasteiger partial charge in [0.05, 0.1) is 26.4 Å². The molecule has 7 N–H and O–H groups in total. The van der Waals surface area contributed by atoms with Crippen LogP contribution in [0.1, 0.15) is 264 Å². The molecule has 448 valence electrons. The molecule has 0 aromatic rings. The highest BCUT2D eigenvalue weighted by Crippen LogP contribution is 2.27. The van der Waals surface area contributed by atoms with Crippen LogP contribution in [-0.4, -0.2) is 142 Å². The molecule has 0 radical (unpaired) electrons. The van der Waals surface area contributed by atoms with E-state index in [2.05, 4.69) is 38.2 Å². The number of aliphatic hydroxyl groups excluding tert-OH is 7. The summed E-state index contributed by atoms with van der Waals surface area (Å²) in [6.07, 6.45) is 40.9. The van der Waals surface area contributed by atoms with E-state index in [9.17, 15) is 40.5 Å². The second kappa shape index (κ2) is 49.3. The van der Waals surface area contributed by atoms with Crippen molar-refractivity contribution in [3.63, 3.8) is 0 Å². The second-order valence-electron chi connectivity index (χ2n) is 22.2. The van der Waals surface area contributed by atoms with Gasteiger partial charge in [0.25, 0.3) is 0 Å². The molecule has 2 aliphatic rings. The topological polar surface area (TPSA) is 214 Å². The van der Waals surface area contributed by atoms with Crippen molar-refractivity contribution in [3.05, 3.63) is 24.3 Å². The van der Waals surface area contributed by atoms with Gasteiger partial charge in [-0.3, -0.25) is 4.79 Å². The van der Waals surface area contributed by atoms with Gasteiger partial charge in [-0.25, -0.2) is 0 Å². The quantitative estimate of drug-likeness (QED) is 0.0172. The fourth-order valence-corrected chi connectivity index (χ4v) is 10.1. The average Bonchev–Trinajstić information content (AvgIpc) is 3.42. The Morgan fingerprint density at radius 1 is 0.434 bits per heavy atom. The van der Waals surface area contributed by atoms with Crippen molar-refractivity contribution in [2.24, 2.45) is 0 Å². The van der Waals surface area contributed by atoms with E-state index in [-0.39, 0.29) is 25.6 Å². The number of rotatable bonds is 52. The zero-order chi connectivity index (χ0) is 55.1. The van der Waals surface area contributed by atoms with Gasteiger partial charge in [-0.2, -0.15) is 0 Å². The van der Waals surface area contributed by atoms with Crippen LogP contribution in [0.4, 0.5) is 0 Å². The molecule has 14 nitrogen and oxygen atoms in total. The highest BCUT2D eigenvalue weighted by Gasteiger charge is 2.47. The monoisotopic (exact) mass is 1080 g/mol. The minimum atomic E-state index is -1.70. The molecule has 2 fully saturated rings. The summed E-state index contributed by atoms with van der Waals surface area (Å²) >= 11 is 0. The highest BCUT2D eigenvalue weighted by atomic mass is 16.7. The van der Waals surface area contributed by atoms with E-state index in [0.717, 1.165) is 44.9 Å². The molecule has 2 rings (SSSR count). The number of aliphatic hydroxyl groups is 7. The van der Waals surface area contributed by atoms with E-state index >= 15 is 0 Å². The Bertz CT molecular complexity index is 1350. The summed E-state index contributed by atoms with van der Waals surface area (Å²) in [5.74, 6) is -0.372. The fourth-order valence-electron chi connectivity index (χ4n) is 10.1. The Hall–Kier alpha value is -1.53. The third-order valence-corrected chi connectivity index (χ3v) is 15.2. The molecule has 0 amide bonds.